The van der Waals surface area contributed by atoms with Crippen molar-refractivity contribution in [3.63, 3.8) is 0 Å². The molecule has 1 aliphatic carbocycles. The molecule has 0 atom stereocenters. The molecular formula is C16H14N2OS. The smallest absolute Gasteiger partial charge is 0.261 e. The maximum atomic E-state index is 5.76. The molecule has 0 unspecified atom stereocenters. The Morgan fingerprint density at radius 1 is 1.05 bits per heavy atom. The lowest BCUT2D eigenvalue weighted by atomic mass is 10.1. The van der Waals surface area contributed by atoms with Crippen LogP contribution in [0.3, 0.4) is 0 Å². The van der Waals surface area contributed by atoms with E-state index in [1.807, 2.05) is 18.2 Å². The molecule has 4 heteroatoms. The molecule has 1 aromatic heterocycles. The van der Waals surface area contributed by atoms with E-state index < -0.39 is 0 Å². The first-order chi connectivity index (χ1) is 9.78. The molecule has 4 rings (SSSR count). The van der Waals surface area contributed by atoms with Gasteiger partial charge in [-0.05, 0) is 72.5 Å². The highest BCUT2D eigenvalue weighted by atomic mass is 32.2. The van der Waals surface area contributed by atoms with E-state index in [1.165, 1.54) is 35.3 Å². The molecule has 0 aliphatic heterocycles. The van der Waals surface area contributed by atoms with E-state index in [1.54, 1.807) is 11.8 Å². The number of benzene rings is 2. The fourth-order valence-corrected chi connectivity index (χ4v) is 3.49. The normalized spacial score (nSPS) is 13.8. The second-order valence-electron chi connectivity index (χ2n) is 5.09. The van der Waals surface area contributed by atoms with Crippen molar-refractivity contribution in [1.29, 1.82) is 0 Å². The lowest BCUT2D eigenvalue weighted by Crippen LogP contribution is -1.83. The fraction of sp³-hybridized carbons (Fsp3) is 0.188. The summed E-state index contributed by atoms with van der Waals surface area (Å²) in [6.45, 7) is 0. The van der Waals surface area contributed by atoms with Gasteiger partial charge in [-0.2, -0.15) is 0 Å². The van der Waals surface area contributed by atoms with Crippen LogP contribution < -0.4 is 5.73 Å². The van der Waals surface area contributed by atoms with Crippen LogP contribution in [0, 0.1) is 0 Å². The number of aromatic nitrogens is 1. The van der Waals surface area contributed by atoms with Crippen molar-refractivity contribution in [3.8, 4) is 0 Å². The van der Waals surface area contributed by atoms with Crippen molar-refractivity contribution in [2.24, 2.45) is 0 Å². The van der Waals surface area contributed by atoms with E-state index in [9.17, 15) is 0 Å². The third kappa shape index (κ3) is 2.06. The van der Waals surface area contributed by atoms with Crippen molar-refractivity contribution in [1.82, 2.24) is 4.98 Å². The molecule has 100 valence electrons. The van der Waals surface area contributed by atoms with Gasteiger partial charge in [-0.3, -0.25) is 0 Å². The first-order valence-corrected chi connectivity index (χ1v) is 7.55. The van der Waals surface area contributed by atoms with Crippen LogP contribution in [0.4, 0.5) is 5.69 Å². The van der Waals surface area contributed by atoms with E-state index in [-0.39, 0.29) is 0 Å². The van der Waals surface area contributed by atoms with Gasteiger partial charge in [-0.25, -0.2) is 4.98 Å². The highest BCUT2D eigenvalue weighted by molar-refractivity contribution is 7.99. The summed E-state index contributed by atoms with van der Waals surface area (Å²) in [5, 5.41) is 0.670. The van der Waals surface area contributed by atoms with Gasteiger partial charge in [0.25, 0.3) is 5.22 Å². The minimum Gasteiger partial charge on any atom is -0.431 e. The largest absolute Gasteiger partial charge is 0.431 e. The zero-order valence-electron chi connectivity index (χ0n) is 10.9. The molecule has 0 radical (unpaired) electrons. The highest BCUT2D eigenvalue weighted by Crippen LogP contribution is 2.33. The maximum absolute atomic E-state index is 5.76. The minimum absolute atomic E-state index is 0.670. The lowest BCUT2D eigenvalue weighted by molar-refractivity contribution is 0.489. The third-order valence-electron chi connectivity index (χ3n) is 3.67. The van der Waals surface area contributed by atoms with E-state index in [0.717, 1.165) is 11.1 Å². The average molecular weight is 282 g/mol. The molecule has 0 amide bonds. The highest BCUT2D eigenvalue weighted by Gasteiger charge is 2.13. The summed E-state index contributed by atoms with van der Waals surface area (Å²) in [5.74, 6) is 0. The SMILES string of the molecule is Nc1ccc2oc(Sc3ccc4c(c3)CCC4)nc2c1. The molecular weight excluding hydrogens is 268 g/mol. The number of hydrogen-bond acceptors (Lipinski definition) is 4. The molecule has 0 saturated heterocycles. The Balaban J connectivity index is 1.66. The Kier molecular flexibility index (Phi) is 2.70. The molecule has 0 spiro atoms. The predicted molar refractivity (Wildman–Crippen MR) is 81.0 cm³/mol. The van der Waals surface area contributed by atoms with Crippen LogP contribution in [0.1, 0.15) is 17.5 Å². The molecule has 3 aromatic rings. The van der Waals surface area contributed by atoms with Crippen LogP contribution in [0.15, 0.2) is 50.9 Å². The molecule has 3 nitrogen and oxygen atoms in total. The van der Waals surface area contributed by atoms with Crippen LogP contribution in [0.5, 0.6) is 0 Å². The van der Waals surface area contributed by atoms with Gasteiger partial charge >= 0.3 is 0 Å². The van der Waals surface area contributed by atoms with Crippen LogP contribution in [-0.4, -0.2) is 4.98 Å². The van der Waals surface area contributed by atoms with Crippen LogP contribution in [0.25, 0.3) is 11.1 Å². The van der Waals surface area contributed by atoms with Gasteiger partial charge in [-0.15, -0.1) is 0 Å². The summed E-state index contributed by atoms with van der Waals surface area (Å²) in [5.41, 5.74) is 11.0. The maximum Gasteiger partial charge on any atom is 0.261 e. The zero-order valence-corrected chi connectivity index (χ0v) is 11.7. The monoisotopic (exact) mass is 282 g/mol. The lowest BCUT2D eigenvalue weighted by Gasteiger charge is -2.01. The summed E-state index contributed by atoms with van der Waals surface area (Å²) < 4.78 is 5.74. The molecule has 20 heavy (non-hydrogen) atoms. The summed E-state index contributed by atoms with van der Waals surface area (Å²) in [7, 11) is 0. The number of hydrogen-bond donors (Lipinski definition) is 1. The van der Waals surface area contributed by atoms with Gasteiger partial charge < -0.3 is 10.2 Å². The van der Waals surface area contributed by atoms with Gasteiger partial charge in [-0.1, -0.05) is 6.07 Å². The Morgan fingerprint density at radius 2 is 1.95 bits per heavy atom. The Bertz CT molecular complexity index is 794. The molecule has 1 heterocycles. The second-order valence-corrected chi connectivity index (χ2v) is 6.12. The van der Waals surface area contributed by atoms with E-state index in [0.29, 0.717) is 10.9 Å². The van der Waals surface area contributed by atoms with Crippen LogP contribution >= 0.6 is 11.8 Å². The molecule has 2 aromatic carbocycles. The van der Waals surface area contributed by atoms with Gasteiger partial charge in [0, 0.05) is 10.6 Å². The van der Waals surface area contributed by atoms with E-state index in [4.69, 9.17) is 10.2 Å². The summed E-state index contributed by atoms with van der Waals surface area (Å²) >= 11 is 1.57. The summed E-state index contributed by atoms with van der Waals surface area (Å²) in [4.78, 5) is 5.66. The number of oxazole rings is 1. The number of nitrogen functional groups attached to an aromatic ring is 1. The number of nitrogens with zero attached hydrogens (tertiary/aromatic N) is 1. The van der Waals surface area contributed by atoms with E-state index in [2.05, 4.69) is 23.2 Å². The van der Waals surface area contributed by atoms with Gasteiger partial charge in [0.05, 0.1) is 0 Å². The average Bonchev–Trinajstić information content (AvgIpc) is 3.03. The quantitative estimate of drug-likeness (QED) is 0.720. The molecule has 0 saturated carbocycles. The van der Waals surface area contributed by atoms with Gasteiger partial charge in [0.1, 0.15) is 5.52 Å². The number of nitrogens with two attached hydrogens (primary N) is 1. The van der Waals surface area contributed by atoms with Gasteiger partial charge in [0.2, 0.25) is 0 Å². The number of aryl methyl sites for hydroxylation is 2. The number of rotatable bonds is 2. The van der Waals surface area contributed by atoms with Crippen molar-refractivity contribution in [3.05, 3.63) is 47.5 Å². The number of fused-ring (bicyclic) bond motifs is 2. The Labute approximate surface area is 121 Å². The molecule has 0 bridgehead atoms. The first kappa shape index (κ1) is 11.9. The first-order valence-electron chi connectivity index (χ1n) is 6.74. The van der Waals surface area contributed by atoms with Crippen LogP contribution in [0.2, 0.25) is 0 Å². The Morgan fingerprint density at radius 3 is 2.90 bits per heavy atom. The standard InChI is InChI=1S/C16H14N2OS/c17-12-5-7-15-14(9-12)18-16(19-15)20-13-6-4-10-2-1-3-11(10)8-13/h4-9H,1-3,17H2. The van der Waals surface area contributed by atoms with Gasteiger partial charge in [0.15, 0.2) is 5.58 Å². The fourth-order valence-electron chi connectivity index (χ4n) is 2.68. The summed E-state index contributed by atoms with van der Waals surface area (Å²) in [6.07, 6.45) is 3.67. The topological polar surface area (TPSA) is 52.0 Å². The van der Waals surface area contributed by atoms with E-state index >= 15 is 0 Å². The Hall–Kier alpha value is -1.94. The summed E-state index contributed by atoms with van der Waals surface area (Å²) in [6, 6.07) is 12.2. The number of anilines is 1. The van der Waals surface area contributed by atoms with Crippen LogP contribution in [-0.2, 0) is 12.8 Å². The third-order valence-corrected chi connectivity index (χ3v) is 4.51. The van der Waals surface area contributed by atoms with Crippen molar-refractivity contribution < 1.29 is 4.42 Å². The zero-order chi connectivity index (χ0) is 13.5. The van der Waals surface area contributed by atoms with Crippen molar-refractivity contribution in [2.45, 2.75) is 29.4 Å². The minimum atomic E-state index is 0.670. The predicted octanol–water partition coefficient (Wildman–Crippen LogP) is 4.05. The van der Waals surface area contributed by atoms with Crippen molar-refractivity contribution >= 4 is 28.5 Å². The molecule has 0 fully saturated rings. The van der Waals surface area contributed by atoms with Crippen molar-refractivity contribution in [2.75, 3.05) is 5.73 Å². The second kappa shape index (κ2) is 4.56. The molecule has 2 N–H and O–H groups in total. The molecule has 1 aliphatic rings.